The summed E-state index contributed by atoms with van der Waals surface area (Å²) in [6.45, 7) is 0.745. The van der Waals surface area contributed by atoms with Gasteiger partial charge in [-0.15, -0.1) is 0 Å². The van der Waals surface area contributed by atoms with Crippen molar-refractivity contribution in [3.63, 3.8) is 0 Å². The molecular weight excluding hydrogens is 270 g/mol. The van der Waals surface area contributed by atoms with E-state index in [1.165, 1.54) is 12.7 Å². The van der Waals surface area contributed by atoms with Gasteiger partial charge in [-0.25, -0.2) is 4.79 Å². The van der Waals surface area contributed by atoms with Gasteiger partial charge >= 0.3 is 5.97 Å². The molecule has 3 aromatic rings. The summed E-state index contributed by atoms with van der Waals surface area (Å²) in [6.07, 6.45) is 0. The van der Waals surface area contributed by atoms with Crippen molar-refractivity contribution in [2.24, 2.45) is 0 Å². The zero-order valence-electron chi connectivity index (χ0n) is 11.1. The van der Waals surface area contributed by atoms with Crippen molar-refractivity contribution in [2.75, 3.05) is 7.11 Å². The average molecular weight is 284 g/mol. The fraction of sp³-hybridized carbons (Fsp3) is 0.125. The lowest BCUT2D eigenvalue weighted by Crippen LogP contribution is -2.33. The van der Waals surface area contributed by atoms with Crippen LogP contribution in [0.15, 0.2) is 54.0 Å². The lowest BCUT2D eigenvalue weighted by atomic mass is 10.2. The van der Waals surface area contributed by atoms with Crippen molar-refractivity contribution in [3.8, 4) is 0 Å². The Morgan fingerprint density at radius 1 is 1.15 bits per heavy atom. The van der Waals surface area contributed by atoms with Gasteiger partial charge in [0.1, 0.15) is 10.3 Å². The quantitative estimate of drug-likeness (QED) is 0.546. The highest BCUT2D eigenvalue weighted by atomic mass is 32.1. The van der Waals surface area contributed by atoms with E-state index >= 15 is 0 Å². The Hall–Kier alpha value is -2.20. The number of hydrogen-bond acceptors (Lipinski definition) is 3. The number of nitrogens with zero attached hydrogens (tertiary/aromatic N) is 1. The lowest BCUT2D eigenvalue weighted by Gasteiger charge is -2.00. The maximum absolute atomic E-state index is 11.9. The van der Waals surface area contributed by atoms with Crippen LogP contribution < -0.4 is 4.57 Å². The second-order valence-electron chi connectivity index (χ2n) is 4.48. The Morgan fingerprint density at radius 3 is 2.70 bits per heavy atom. The van der Waals surface area contributed by atoms with E-state index in [0.717, 1.165) is 16.8 Å². The molecule has 0 aliphatic heterocycles. The molecule has 20 heavy (non-hydrogen) atoms. The summed E-state index contributed by atoms with van der Waals surface area (Å²) in [4.78, 5) is 11.9. The van der Waals surface area contributed by atoms with E-state index < -0.39 is 0 Å². The third-order valence-corrected chi connectivity index (χ3v) is 4.14. The summed E-state index contributed by atoms with van der Waals surface area (Å²) < 4.78 is 8.06. The van der Waals surface area contributed by atoms with Gasteiger partial charge in [0.25, 0.3) is 0 Å². The van der Waals surface area contributed by atoms with Gasteiger partial charge in [-0.2, -0.15) is 4.57 Å². The van der Waals surface area contributed by atoms with Crippen LogP contribution in [0.1, 0.15) is 15.9 Å². The first-order valence-corrected chi connectivity index (χ1v) is 7.19. The predicted octanol–water partition coefficient (Wildman–Crippen LogP) is 3.02. The Morgan fingerprint density at radius 2 is 1.95 bits per heavy atom. The van der Waals surface area contributed by atoms with E-state index in [1.807, 2.05) is 41.9 Å². The summed E-state index contributed by atoms with van der Waals surface area (Å²) in [5.41, 5.74) is 4.80. The molecule has 0 bridgehead atoms. The first-order valence-electron chi connectivity index (χ1n) is 6.31. The zero-order chi connectivity index (χ0) is 13.9. The second kappa shape index (κ2) is 5.43. The highest BCUT2D eigenvalue weighted by Gasteiger charge is 2.21. The number of para-hydroxylation sites is 1. The number of carbonyl (C=O) groups excluding carboxylic acids is 1. The fourth-order valence-corrected chi connectivity index (χ4v) is 3.17. The van der Waals surface area contributed by atoms with Gasteiger partial charge in [0, 0.05) is 5.56 Å². The van der Waals surface area contributed by atoms with Crippen molar-refractivity contribution in [3.05, 3.63) is 65.2 Å². The molecule has 0 saturated heterocycles. The molecule has 0 aliphatic rings. The highest BCUT2D eigenvalue weighted by Crippen LogP contribution is 2.21. The first-order chi connectivity index (χ1) is 9.79. The minimum absolute atomic E-state index is 0.296. The minimum atomic E-state index is -0.296. The number of fused-ring (bicyclic) bond motifs is 1. The summed E-state index contributed by atoms with van der Waals surface area (Å²) in [7, 11) is 1.41. The van der Waals surface area contributed by atoms with Crippen LogP contribution in [0.4, 0.5) is 0 Å². The number of rotatable bonds is 3. The van der Waals surface area contributed by atoms with Gasteiger partial charge in [-0.3, -0.25) is 0 Å². The third-order valence-electron chi connectivity index (χ3n) is 3.19. The lowest BCUT2D eigenvalue weighted by molar-refractivity contribution is -0.658. The largest absolute Gasteiger partial charge is 0.465 e. The van der Waals surface area contributed by atoms with Gasteiger partial charge in [0.15, 0.2) is 6.54 Å². The Balaban J connectivity index is 2.10. The van der Waals surface area contributed by atoms with Crippen LogP contribution in [-0.2, 0) is 11.3 Å². The molecule has 1 heterocycles. The highest BCUT2D eigenvalue weighted by molar-refractivity contribution is 7.16. The molecule has 3 nitrogen and oxygen atoms in total. The smallest absolute Gasteiger partial charge is 0.344 e. The van der Waals surface area contributed by atoms with Crippen molar-refractivity contribution in [2.45, 2.75) is 6.54 Å². The van der Waals surface area contributed by atoms with Crippen LogP contribution >= 0.6 is 11.3 Å². The molecule has 4 heteroatoms. The van der Waals surface area contributed by atoms with Crippen molar-refractivity contribution < 1.29 is 14.1 Å². The molecule has 1 aromatic heterocycles. The Kier molecular flexibility index (Phi) is 3.48. The molecule has 100 valence electrons. The van der Waals surface area contributed by atoms with Gasteiger partial charge in [-0.05, 0) is 12.1 Å². The van der Waals surface area contributed by atoms with E-state index in [4.69, 9.17) is 4.74 Å². The summed E-state index contributed by atoms with van der Waals surface area (Å²) in [6, 6.07) is 15.9. The minimum Gasteiger partial charge on any atom is -0.465 e. The van der Waals surface area contributed by atoms with Gasteiger partial charge in [0.05, 0.1) is 7.11 Å². The van der Waals surface area contributed by atoms with Crippen molar-refractivity contribution >= 4 is 27.5 Å². The number of thiazole rings is 1. The van der Waals surface area contributed by atoms with Crippen LogP contribution in [0.25, 0.3) is 10.2 Å². The van der Waals surface area contributed by atoms with Crippen molar-refractivity contribution in [1.29, 1.82) is 0 Å². The molecule has 0 radical (unpaired) electrons. The summed E-state index contributed by atoms with van der Waals surface area (Å²) in [5, 5.41) is 0. The second-order valence-corrected chi connectivity index (χ2v) is 5.37. The number of aromatic nitrogens is 1. The topological polar surface area (TPSA) is 30.2 Å². The molecule has 0 unspecified atom stereocenters. The number of esters is 1. The maximum Gasteiger partial charge on any atom is 0.344 e. The summed E-state index contributed by atoms with van der Waals surface area (Å²) in [5.74, 6) is -0.296. The molecule has 3 rings (SSSR count). The van der Waals surface area contributed by atoms with Gasteiger partial charge in [-0.1, -0.05) is 47.7 Å². The van der Waals surface area contributed by atoms with E-state index in [2.05, 4.69) is 16.7 Å². The molecular formula is C16H14NO2S+. The standard InChI is InChI=1S/C16H14NO2S/c1-19-16(18)13-8-5-9-14-15(13)17(11-20-14)10-12-6-3-2-4-7-12/h2-9,11H,10H2,1H3/q+1. The first kappa shape index (κ1) is 12.8. The van der Waals surface area contributed by atoms with E-state index in [0.29, 0.717) is 5.56 Å². The SMILES string of the molecule is COC(=O)c1cccc2sc[n+](Cc3ccccc3)c12. The molecule has 0 N–H and O–H groups in total. The van der Waals surface area contributed by atoms with E-state index in [9.17, 15) is 4.79 Å². The van der Waals surface area contributed by atoms with E-state index in [-0.39, 0.29) is 5.97 Å². The predicted molar refractivity (Wildman–Crippen MR) is 78.9 cm³/mol. The van der Waals surface area contributed by atoms with Crippen LogP contribution in [0.3, 0.4) is 0 Å². The molecule has 0 saturated carbocycles. The Bertz CT molecular complexity index is 750. The van der Waals surface area contributed by atoms with Gasteiger partial charge in [0.2, 0.25) is 11.0 Å². The van der Waals surface area contributed by atoms with Gasteiger partial charge < -0.3 is 4.74 Å². The number of hydrogen-bond donors (Lipinski definition) is 0. The number of carbonyl (C=O) groups is 1. The van der Waals surface area contributed by atoms with Crippen molar-refractivity contribution in [1.82, 2.24) is 0 Å². The summed E-state index contributed by atoms with van der Waals surface area (Å²) >= 11 is 1.63. The maximum atomic E-state index is 11.9. The third kappa shape index (κ3) is 2.30. The average Bonchev–Trinajstić information content (AvgIpc) is 2.91. The van der Waals surface area contributed by atoms with E-state index in [1.54, 1.807) is 11.3 Å². The monoisotopic (exact) mass is 284 g/mol. The number of benzene rings is 2. The van der Waals surface area contributed by atoms with Crippen LogP contribution in [-0.4, -0.2) is 13.1 Å². The molecule has 0 fully saturated rings. The molecule has 0 spiro atoms. The Labute approximate surface area is 121 Å². The van der Waals surface area contributed by atoms with Crippen LogP contribution in [0, 0.1) is 0 Å². The fourth-order valence-electron chi connectivity index (χ4n) is 2.26. The number of ether oxygens (including phenoxy) is 1. The van der Waals surface area contributed by atoms with Crippen LogP contribution in [0.2, 0.25) is 0 Å². The molecule has 0 amide bonds. The zero-order valence-corrected chi connectivity index (χ0v) is 11.9. The number of methoxy groups -OCH3 is 1. The molecule has 0 atom stereocenters. The molecule has 2 aromatic carbocycles. The molecule has 0 aliphatic carbocycles. The normalized spacial score (nSPS) is 10.7. The van der Waals surface area contributed by atoms with Crippen LogP contribution in [0.5, 0.6) is 0 Å².